The van der Waals surface area contributed by atoms with Gasteiger partial charge in [0.2, 0.25) is 0 Å². The van der Waals surface area contributed by atoms with E-state index >= 15 is 0 Å². The smallest absolute Gasteiger partial charge is 0.410 e. The van der Waals surface area contributed by atoms with Crippen molar-refractivity contribution in [3.05, 3.63) is 12.7 Å². The summed E-state index contributed by atoms with van der Waals surface area (Å²) in [6.07, 6.45) is 0.826. The van der Waals surface area contributed by atoms with Crippen LogP contribution in [-0.2, 0) is 9.47 Å². The Kier molecular flexibility index (Phi) is 6.67. The van der Waals surface area contributed by atoms with Crippen molar-refractivity contribution in [1.29, 1.82) is 0 Å². The molecule has 2 amide bonds. The number of ether oxygens (including phenoxy) is 2. The van der Waals surface area contributed by atoms with Gasteiger partial charge in [0.1, 0.15) is 12.2 Å². The molecule has 0 aromatic heterocycles. The third-order valence-electron chi connectivity index (χ3n) is 3.03. The Hall–Kier alpha value is -1.76. The van der Waals surface area contributed by atoms with E-state index in [9.17, 15) is 14.7 Å². The van der Waals surface area contributed by atoms with Crippen LogP contribution in [-0.4, -0.2) is 59.6 Å². The molecule has 1 saturated heterocycles. The third-order valence-corrected chi connectivity index (χ3v) is 3.03. The van der Waals surface area contributed by atoms with Crippen molar-refractivity contribution < 1.29 is 24.2 Å². The molecule has 2 atom stereocenters. The quantitative estimate of drug-likeness (QED) is 0.774. The van der Waals surface area contributed by atoms with E-state index in [1.807, 2.05) is 0 Å². The number of β-amino-alcohol motifs (C(OH)–C–C–N with tert-alkyl or cyclic N) is 1. The number of aliphatic hydroxyl groups excluding tert-OH is 1. The van der Waals surface area contributed by atoms with E-state index in [2.05, 4.69) is 11.9 Å². The van der Waals surface area contributed by atoms with E-state index in [1.165, 1.54) is 11.0 Å². The molecule has 0 saturated carbocycles. The Balaban J connectivity index is 2.63. The number of amides is 2. The van der Waals surface area contributed by atoms with Gasteiger partial charge in [-0.1, -0.05) is 12.7 Å². The van der Waals surface area contributed by atoms with Crippen LogP contribution in [0.4, 0.5) is 9.59 Å². The molecule has 0 aliphatic carbocycles. The molecule has 1 aliphatic rings. The number of nitrogens with zero attached hydrogens (tertiary/aromatic N) is 1. The monoisotopic (exact) mass is 314 g/mol. The van der Waals surface area contributed by atoms with Gasteiger partial charge in [-0.05, 0) is 33.6 Å². The number of nitrogens with one attached hydrogen (secondary N) is 1. The summed E-state index contributed by atoms with van der Waals surface area (Å²) >= 11 is 0. The predicted molar refractivity (Wildman–Crippen MR) is 81.5 cm³/mol. The van der Waals surface area contributed by atoms with Gasteiger partial charge in [-0.2, -0.15) is 0 Å². The molecule has 126 valence electrons. The van der Waals surface area contributed by atoms with E-state index < -0.39 is 23.9 Å². The lowest BCUT2D eigenvalue weighted by Gasteiger charge is -2.28. The van der Waals surface area contributed by atoms with Gasteiger partial charge in [-0.25, -0.2) is 9.59 Å². The van der Waals surface area contributed by atoms with Crippen LogP contribution in [0, 0.1) is 0 Å². The number of aliphatic hydroxyl groups is 1. The largest absolute Gasteiger partial charge is 0.445 e. The molecule has 0 aromatic rings. The molecule has 22 heavy (non-hydrogen) atoms. The van der Waals surface area contributed by atoms with Gasteiger partial charge < -0.3 is 24.8 Å². The lowest BCUT2D eigenvalue weighted by atomic mass is 10.1. The molecule has 7 heteroatoms. The van der Waals surface area contributed by atoms with E-state index in [0.29, 0.717) is 12.8 Å². The zero-order chi connectivity index (χ0) is 16.8. The molecule has 7 nitrogen and oxygen atoms in total. The topological polar surface area (TPSA) is 88.1 Å². The number of carbonyl (C=O) groups is 2. The first-order valence-electron chi connectivity index (χ1n) is 7.41. The fourth-order valence-corrected chi connectivity index (χ4v) is 2.11. The number of carbonyl (C=O) groups excluding carboxylic acids is 2. The van der Waals surface area contributed by atoms with Crippen LogP contribution in [0.2, 0.25) is 0 Å². The number of hydrogen-bond donors (Lipinski definition) is 2. The molecular formula is C15H26N2O5. The normalized spacial score (nSPS) is 22.5. The fraction of sp³-hybridized carbons (Fsp3) is 0.733. The van der Waals surface area contributed by atoms with Crippen molar-refractivity contribution in [3.63, 3.8) is 0 Å². The first-order chi connectivity index (χ1) is 10.2. The highest BCUT2D eigenvalue weighted by Crippen LogP contribution is 2.16. The van der Waals surface area contributed by atoms with Gasteiger partial charge in [0, 0.05) is 13.1 Å². The highest BCUT2D eigenvalue weighted by Gasteiger charge is 2.30. The van der Waals surface area contributed by atoms with Crippen LogP contribution in [0.5, 0.6) is 0 Å². The predicted octanol–water partition coefficient (Wildman–Crippen LogP) is 1.66. The number of likely N-dealkylation sites (tertiary alicyclic amines) is 1. The average Bonchev–Trinajstić information content (AvgIpc) is 2.57. The minimum atomic E-state index is -0.636. The highest BCUT2D eigenvalue weighted by molar-refractivity contribution is 5.69. The summed E-state index contributed by atoms with van der Waals surface area (Å²) in [5.74, 6) is 0. The number of hydrogen-bond acceptors (Lipinski definition) is 5. The molecule has 0 unspecified atom stereocenters. The molecule has 1 rings (SSSR count). The molecule has 0 aromatic carbocycles. The Morgan fingerprint density at radius 1 is 1.36 bits per heavy atom. The van der Waals surface area contributed by atoms with Crippen molar-refractivity contribution in [1.82, 2.24) is 10.2 Å². The molecule has 0 radical (unpaired) electrons. The Labute approximate surface area is 131 Å². The zero-order valence-electron chi connectivity index (χ0n) is 13.5. The zero-order valence-corrected chi connectivity index (χ0v) is 13.5. The second-order valence-corrected chi connectivity index (χ2v) is 6.34. The van der Waals surface area contributed by atoms with Crippen molar-refractivity contribution in [3.8, 4) is 0 Å². The summed E-state index contributed by atoms with van der Waals surface area (Å²) in [5.41, 5.74) is -0.611. The minimum absolute atomic E-state index is 0.122. The maximum Gasteiger partial charge on any atom is 0.410 e. The molecule has 0 spiro atoms. The van der Waals surface area contributed by atoms with Gasteiger partial charge in [-0.15, -0.1) is 0 Å². The van der Waals surface area contributed by atoms with E-state index in [-0.39, 0.29) is 25.7 Å². The SMILES string of the molecule is C=CCOC(=O)N[C@@H]1CC[C@H](O)CN(C(=O)OC(C)(C)C)C1. The van der Waals surface area contributed by atoms with Crippen LogP contribution in [0.1, 0.15) is 33.6 Å². The Bertz CT molecular complexity index is 405. The van der Waals surface area contributed by atoms with Crippen molar-refractivity contribution >= 4 is 12.2 Å². The number of alkyl carbamates (subject to hydrolysis) is 1. The summed E-state index contributed by atoms with van der Waals surface area (Å²) in [4.78, 5) is 25.2. The van der Waals surface area contributed by atoms with Crippen LogP contribution in [0.15, 0.2) is 12.7 Å². The highest BCUT2D eigenvalue weighted by atomic mass is 16.6. The van der Waals surface area contributed by atoms with Crippen molar-refractivity contribution in [2.24, 2.45) is 0 Å². The van der Waals surface area contributed by atoms with Crippen LogP contribution >= 0.6 is 0 Å². The van der Waals surface area contributed by atoms with Crippen molar-refractivity contribution in [2.45, 2.75) is 51.4 Å². The first-order valence-corrected chi connectivity index (χ1v) is 7.41. The fourth-order valence-electron chi connectivity index (χ4n) is 2.11. The van der Waals surface area contributed by atoms with Crippen LogP contribution < -0.4 is 5.32 Å². The van der Waals surface area contributed by atoms with E-state index in [1.54, 1.807) is 20.8 Å². The lowest BCUT2D eigenvalue weighted by molar-refractivity contribution is 0.0163. The lowest BCUT2D eigenvalue weighted by Crippen LogP contribution is -2.47. The first kappa shape index (κ1) is 18.3. The van der Waals surface area contributed by atoms with Gasteiger partial charge in [0.15, 0.2) is 0 Å². The van der Waals surface area contributed by atoms with Crippen LogP contribution in [0.3, 0.4) is 0 Å². The van der Waals surface area contributed by atoms with E-state index in [0.717, 1.165) is 0 Å². The molecule has 1 fully saturated rings. The van der Waals surface area contributed by atoms with Crippen LogP contribution in [0.25, 0.3) is 0 Å². The van der Waals surface area contributed by atoms with E-state index in [4.69, 9.17) is 9.47 Å². The second-order valence-electron chi connectivity index (χ2n) is 6.34. The van der Waals surface area contributed by atoms with Gasteiger partial charge in [0.25, 0.3) is 0 Å². The summed E-state index contributed by atoms with van der Waals surface area (Å²) in [7, 11) is 0. The molecular weight excluding hydrogens is 288 g/mol. The molecule has 1 aliphatic heterocycles. The molecule has 1 heterocycles. The third kappa shape index (κ3) is 6.80. The Morgan fingerprint density at radius 3 is 2.64 bits per heavy atom. The standard InChI is InChI=1S/C15H26N2O5/c1-5-8-21-13(19)16-11-6-7-12(18)10-17(9-11)14(20)22-15(2,3)4/h5,11-12,18H,1,6-10H2,2-4H3,(H,16,19)/t11-,12+/m1/s1. The summed E-state index contributed by atoms with van der Waals surface area (Å²) in [6, 6.07) is -0.290. The molecule has 0 bridgehead atoms. The summed E-state index contributed by atoms with van der Waals surface area (Å²) in [5, 5.41) is 12.6. The maximum atomic E-state index is 12.2. The Morgan fingerprint density at radius 2 is 2.05 bits per heavy atom. The number of rotatable bonds is 3. The van der Waals surface area contributed by atoms with Crippen molar-refractivity contribution in [2.75, 3.05) is 19.7 Å². The van der Waals surface area contributed by atoms with Gasteiger partial charge in [-0.3, -0.25) is 0 Å². The van der Waals surface area contributed by atoms with Gasteiger partial charge >= 0.3 is 12.2 Å². The minimum Gasteiger partial charge on any atom is -0.445 e. The average molecular weight is 314 g/mol. The summed E-state index contributed by atoms with van der Waals surface area (Å²) < 4.78 is 10.2. The summed E-state index contributed by atoms with van der Waals surface area (Å²) in [6.45, 7) is 9.39. The second kappa shape index (κ2) is 8.03. The van der Waals surface area contributed by atoms with Gasteiger partial charge in [0.05, 0.1) is 12.1 Å². The molecule has 2 N–H and O–H groups in total. The maximum absolute atomic E-state index is 12.2.